The maximum absolute atomic E-state index is 13.8. The summed E-state index contributed by atoms with van der Waals surface area (Å²) in [6, 6.07) is 16.9. The highest BCUT2D eigenvalue weighted by molar-refractivity contribution is 5.60. The summed E-state index contributed by atoms with van der Waals surface area (Å²) in [6.07, 6.45) is 1.72. The van der Waals surface area contributed by atoms with Crippen LogP contribution in [0.4, 0.5) is 4.39 Å². The van der Waals surface area contributed by atoms with Gasteiger partial charge in [0.05, 0.1) is 19.3 Å². The Balaban J connectivity index is 1.93. The lowest BCUT2D eigenvalue weighted by Crippen LogP contribution is -2.03. The fourth-order valence-corrected chi connectivity index (χ4v) is 2.29. The number of hydrogen-bond acceptors (Lipinski definition) is 2. The van der Waals surface area contributed by atoms with Gasteiger partial charge in [-0.05, 0) is 29.8 Å². The second-order valence-corrected chi connectivity index (χ2v) is 4.71. The van der Waals surface area contributed by atoms with Crippen LogP contribution in [0.5, 0.6) is 5.75 Å². The summed E-state index contributed by atoms with van der Waals surface area (Å²) in [6.45, 7) is 0.650. The van der Waals surface area contributed by atoms with Crippen LogP contribution >= 0.6 is 0 Å². The molecule has 0 aliphatic carbocycles. The Morgan fingerprint density at radius 1 is 1.10 bits per heavy atom. The minimum Gasteiger partial charge on any atom is -0.494 e. The first kappa shape index (κ1) is 13.4. The van der Waals surface area contributed by atoms with Crippen molar-refractivity contribution in [1.82, 2.24) is 9.78 Å². The lowest BCUT2D eigenvalue weighted by Gasteiger charge is -2.09. The van der Waals surface area contributed by atoms with Gasteiger partial charge in [0.2, 0.25) is 0 Å². The van der Waals surface area contributed by atoms with E-state index in [0.717, 1.165) is 16.8 Å². The van der Waals surface area contributed by atoms with Crippen LogP contribution in [-0.4, -0.2) is 16.9 Å². The van der Waals surface area contributed by atoms with E-state index in [9.17, 15) is 4.39 Å². The molecule has 106 valence electrons. The van der Waals surface area contributed by atoms with E-state index in [4.69, 9.17) is 4.74 Å². The number of nitrogens with zero attached hydrogens (tertiary/aromatic N) is 2. The maximum Gasteiger partial charge on any atom is 0.165 e. The molecule has 0 radical (unpaired) electrons. The average molecular weight is 282 g/mol. The first-order valence-electron chi connectivity index (χ1n) is 6.67. The zero-order chi connectivity index (χ0) is 14.7. The normalized spacial score (nSPS) is 10.6. The number of ether oxygens (including phenoxy) is 1. The van der Waals surface area contributed by atoms with Crippen molar-refractivity contribution in [2.45, 2.75) is 6.54 Å². The Labute approximate surface area is 122 Å². The van der Waals surface area contributed by atoms with Gasteiger partial charge in [-0.25, -0.2) is 4.39 Å². The largest absolute Gasteiger partial charge is 0.494 e. The molecule has 0 amide bonds. The molecule has 0 N–H and O–H groups in total. The summed E-state index contributed by atoms with van der Waals surface area (Å²) in [5.41, 5.74) is 2.80. The summed E-state index contributed by atoms with van der Waals surface area (Å²) in [4.78, 5) is 0. The van der Waals surface area contributed by atoms with Crippen LogP contribution in [0.3, 0.4) is 0 Å². The Hall–Kier alpha value is -2.62. The molecule has 0 fully saturated rings. The van der Waals surface area contributed by atoms with Crippen LogP contribution in [-0.2, 0) is 6.54 Å². The molecule has 0 saturated carbocycles. The van der Waals surface area contributed by atoms with E-state index >= 15 is 0 Å². The third-order valence-corrected chi connectivity index (χ3v) is 3.34. The van der Waals surface area contributed by atoms with E-state index in [1.54, 1.807) is 12.3 Å². The topological polar surface area (TPSA) is 27.1 Å². The maximum atomic E-state index is 13.8. The smallest absolute Gasteiger partial charge is 0.165 e. The summed E-state index contributed by atoms with van der Waals surface area (Å²) in [5, 5.41) is 4.32. The molecule has 1 heterocycles. The van der Waals surface area contributed by atoms with E-state index in [2.05, 4.69) is 5.10 Å². The zero-order valence-corrected chi connectivity index (χ0v) is 11.7. The molecule has 3 nitrogen and oxygen atoms in total. The van der Waals surface area contributed by atoms with Crippen molar-refractivity contribution in [2.75, 3.05) is 7.11 Å². The Morgan fingerprint density at radius 3 is 2.62 bits per heavy atom. The number of benzene rings is 2. The minimum absolute atomic E-state index is 0.243. The molecule has 0 aliphatic rings. The van der Waals surface area contributed by atoms with Gasteiger partial charge in [-0.15, -0.1) is 0 Å². The molecular weight excluding hydrogens is 267 g/mol. The van der Waals surface area contributed by atoms with Crippen molar-refractivity contribution >= 4 is 0 Å². The lowest BCUT2D eigenvalue weighted by molar-refractivity contribution is 0.386. The van der Waals surface area contributed by atoms with Gasteiger partial charge in [-0.2, -0.15) is 5.10 Å². The molecule has 1 aromatic heterocycles. The number of halogens is 1. The van der Waals surface area contributed by atoms with E-state index in [0.29, 0.717) is 6.54 Å². The molecule has 0 aliphatic heterocycles. The highest BCUT2D eigenvalue weighted by Gasteiger charge is 2.09. The predicted octanol–water partition coefficient (Wildman–Crippen LogP) is 3.75. The van der Waals surface area contributed by atoms with Crippen molar-refractivity contribution in [2.24, 2.45) is 0 Å². The van der Waals surface area contributed by atoms with Gasteiger partial charge in [0.25, 0.3) is 0 Å². The van der Waals surface area contributed by atoms with Crippen LogP contribution in [0.15, 0.2) is 60.8 Å². The van der Waals surface area contributed by atoms with Gasteiger partial charge in [0.1, 0.15) is 0 Å². The van der Waals surface area contributed by atoms with Crippen LogP contribution in [0.25, 0.3) is 11.3 Å². The molecule has 0 unspecified atom stereocenters. The fraction of sp³-hybridized carbons (Fsp3) is 0.118. The van der Waals surface area contributed by atoms with Gasteiger partial charge < -0.3 is 4.74 Å². The van der Waals surface area contributed by atoms with E-state index in [-0.39, 0.29) is 11.6 Å². The molecular formula is C17H15FN2O. The first-order chi connectivity index (χ1) is 10.3. The monoisotopic (exact) mass is 282 g/mol. The van der Waals surface area contributed by atoms with Crippen LogP contribution in [0, 0.1) is 5.82 Å². The average Bonchev–Trinajstić information content (AvgIpc) is 2.96. The van der Waals surface area contributed by atoms with Gasteiger partial charge >= 0.3 is 0 Å². The Kier molecular flexibility index (Phi) is 3.69. The van der Waals surface area contributed by atoms with Gasteiger partial charge in [-0.3, -0.25) is 4.68 Å². The lowest BCUT2D eigenvalue weighted by atomic mass is 10.1. The standard InChI is InChI=1S/C17H15FN2O/c1-21-17-8-7-14(11-15(17)18)16-9-10-19-20(16)12-13-5-3-2-4-6-13/h2-11H,12H2,1H3. The predicted molar refractivity (Wildman–Crippen MR) is 79.7 cm³/mol. The van der Waals surface area contributed by atoms with Gasteiger partial charge in [-0.1, -0.05) is 30.3 Å². The number of aromatic nitrogens is 2. The van der Waals surface area contributed by atoms with Gasteiger partial charge in [0.15, 0.2) is 11.6 Å². The molecule has 0 spiro atoms. The zero-order valence-electron chi connectivity index (χ0n) is 11.7. The molecule has 2 aromatic carbocycles. The Morgan fingerprint density at radius 2 is 1.90 bits per heavy atom. The van der Waals surface area contributed by atoms with Crippen LogP contribution in [0.2, 0.25) is 0 Å². The third kappa shape index (κ3) is 2.79. The van der Waals surface area contributed by atoms with Crippen molar-refractivity contribution < 1.29 is 9.13 Å². The number of methoxy groups -OCH3 is 1. The summed E-state index contributed by atoms with van der Waals surface area (Å²) < 4.78 is 20.6. The molecule has 21 heavy (non-hydrogen) atoms. The van der Waals surface area contributed by atoms with Crippen molar-refractivity contribution in [1.29, 1.82) is 0 Å². The fourth-order valence-electron chi connectivity index (χ4n) is 2.29. The van der Waals surface area contributed by atoms with Crippen molar-refractivity contribution in [3.8, 4) is 17.0 Å². The Bertz CT molecular complexity index is 738. The highest BCUT2D eigenvalue weighted by Crippen LogP contribution is 2.25. The van der Waals surface area contributed by atoms with E-state index in [1.807, 2.05) is 47.1 Å². The minimum atomic E-state index is -0.373. The molecule has 0 atom stereocenters. The molecule has 0 saturated heterocycles. The molecule has 0 bridgehead atoms. The van der Waals surface area contributed by atoms with E-state index in [1.165, 1.54) is 13.2 Å². The third-order valence-electron chi connectivity index (χ3n) is 3.34. The van der Waals surface area contributed by atoms with Crippen molar-refractivity contribution in [3.05, 3.63) is 72.2 Å². The summed E-state index contributed by atoms with van der Waals surface area (Å²) in [5.74, 6) is -0.129. The second kappa shape index (κ2) is 5.79. The summed E-state index contributed by atoms with van der Waals surface area (Å²) in [7, 11) is 1.46. The first-order valence-corrected chi connectivity index (χ1v) is 6.67. The van der Waals surface area contributed by atoms with Crippen molar-refractivity contribution in [3.63, 3.8) is 0 Å². The number of rotatable bonds is 4. The molecule has 4 heteroatoms. The number of hydrogen-bond donors (Lipinski definition) is 0. The van der Waals surface area contributed by atoms with E-state index < -0.39 is 0 Å². The van der Waals surface area contributed by atoms with Crippen LogP contribution in [0.1, 0.15) is 5.56 Å². The molecule has 3 rings (SSSR count). The van der Waals surface area contributed by atoms with Gasteiger partial charge in [0, 0.05) is 11.8 Å². The molecule has 3 aromatic rings. The summed E-state index contributed by atoms with van der Waals surface area (Å²) >= 11 is 0. The second-order valence-electron chi connectivity index (χ2n) is 4.71. The quantitative estimate of drug-likeness (QED) is 0.728. The highest BCUT2D eigenvalue weighted by atomic mass is 19.1. The SMILES string of the molecule is COc1ccc(-c2ccnn2Cc2ccccc2)cc1F. The van der Waals surface area contributed by atoms with Crippen LogP contribution < -0.4 is 4.74 Å².